The van der Waals surface area contributed by atoms with E-state index in [1.165, 1.54) is 16.9 Å². The molecule has 1 aromatic rings. The first-order valence-electron chi connectivity index (χ1n) is 6.39. The maximum absolute atomic E-state index is 3.56. The predicted molar refractivity (Wildman–Crippen MR) is 75.0 cm³/mol. The number of piperazine rings is 1. The highest BCUT2D eigenvalue weighted by Crippen LogP contribution is 2.24. The smallest absolute Gasteiger partial charge is 0.0388 e. The normalized spacial score (nSPS) is 24.8. The third kappa shape index (κ3) is 2.72. The topological polar surface area (TPSA) is 27.3 Å². The number of hydrogen-bond donors (Lipinski definition) is 2. The van der Waals surface area contributed by atoms with Crippen LogP contribution in [0, 0.1) is 6.92 Å². The van der Waals surface area contributed by atoms with Gasteiger partial charge in [-0.1, -0.05) is 6.07 Å². The molecule has 1 aromatic carbocycles. The lowest BCUT2D eigenvalue weighted by atomic mass is 10.1. The summed E-state index contributed by atoms with van der Waals surface area (Å²) in [5, 5.41) is 6.82. The average molecular weight is 233 g/mol. The van der Waals surface area contributed by atoms with Crippen LogP contribution in [-0.2, 0) is 0 Å². The molecule has 17 heavy (non-hydrogen) atoms. The van der Waals surface area contributed by atoms with Gasteiger partial charge in [-0.2, -0.15) is 0 Å². The molecular weight excluding hydrogens is 210 g/mol. The number of nitrogens with zero attached hydrogens (tertiary/aromatic N) is 1. The van der Waals surface area contributed by atoms with E-state index in [9.17, 15) is 0 Å². The largest absolute Gasteiger partial charge is 0.388 e. The zero-order valence-corrected chi connectivity index (χ0v) is 11.2. The number of aryl methyl sites for hydroxylation is 1. The lowest BCUT2D eigenvalue weighted by molar-refractivity contribution is 0.407. The molecule has 0 aromatic heterocycles. The van der Waals surface area contributed by atoms with Gasteiger partial charge in [-0.05, 0) is 38.5 Å². The van der Waals surface area contributed by atoms with Gasteiger partial charge in [0.15, 0.2) is 0 Å². The summed E-state index contributed by atoms with van der Waals surface area (Å²) in [5.41, 5.74) is 3.84. The van der Waals surface area contributed by atoms with Crippen molar-refractivity contribution in [3.8, 4) is 0 Å². The van der Waals surface area contributed by atoms with Crippen LogP contribution in [0.5, 0.6) is 0 Å². The van der Waals surface area contributed by atoms with Gasteiger partial charge >= 0.3 is 0 Å². The molecule has 0 bridgehead atoms. The molecule has 2 rings (SSSR count). The van der Waals surface area contributed by atoms with Gasteiger partial charge in [-0.25, -0.2) is 0 Å². The Morgan fingerprint density at radius 3 is 2.47 bits per heavy atom. The van der Waals surface area contributed by atoms with E-state index in [1.54, 1.807) is 0 Å². The summed E-state index contributed by atoms with van der Waals surface area (Å²) in [4.78, 5) is 2.46. The van der Waals surface area contributed by atoms with Crippen LogP contribution in [-0.4, -0.2) is 32.2 Å². The van der Waals surface area contributed by atoms with Crippen LogP contribution in [0.25, 0.3) is 0 Å². The number of anilines is 2. The van der Waals surface area contributed by atoms with E-state index in [0.717, 1.165) is 13.1 Å². The molecule has 0 amide bonds. The van der Waals surface area contributed by atoms with E-state index < -0.39 is 0 Å². The Bertz CT molecular complexity index is 379. The Kier molecular flexibility index (Phi) is 3.57. The molecule has 1 heterocycles. The second-order valence-electron chi connectivity index (χ2n) is 5.12. The van der Waals surface area contributed by atoms with E-state index in [0.29, 0.717) is 12.1 Å². The molecule has 3 heteroatoms. The van der Waals surface area contributed by atoms with E-state index in [4.69, 9.17) is 0 Å². The summed E-state index contributed by atoms with van der Waals surface area (Å²) in [6, 6.07) is 7.77. The highest BCUT2D eigenvalue weighted by atomic mass is 15.2. The fraction of sp³-hybridized carbons (Fsp3) is 0.571. The van der Waals surface area contributed by atoms with Crippen molar-refractivity contribution in [2.45, 2.75) is 32.9 Å². The van der Waals surface area contributed by atoms with E-state index in [2.05, 4.69) is 54.5 Å². The first-order chi connectivity index (χ1) is 8.10. The van der Waals surface area contributed by atoms with Crippen molar-refractivity contribution in [3.63, 3.8) is 0 Å². The summed E-state index contributed by atoms with van der Waals surface area (Å²) in [5.74, 6) is 0. The molecule has 1 fully saturated rings. The van der Waals surface area contributed by atoms with Gasteiger partial charge in [0.05, 0.1) is 0 Å². The number of benzene rings is 1. The molecule has 0 saturated carbocycles. The van der Waals surface area contributed by atoms with Crippen molar-refractivity contribution in [2.75, 3.05) is 30.4 Å². The van der Waals surface area contributed by atoms with Crippen LogP contribution >= 0.6 is 0 Å². The first kappa shape index (κ1) is 12.2. The standard InChI is InChI=1S/C14H23N3/c1-10-5-6-13(7-14(10)15-4)17-8-11(2)16-12(3)9-17/h5-7,11-12,15-16H,8-9H2,1-4H3. The number of rotatable bonds is 2. The van der Waals surface area contributed by atoms with Crippen LogP contribution < -0.4 is 15.5 Å². The molecule has 2 N–H and O–H groups in total. The van der Waals surface area contributed by atoms with Crippen molar-refractivity contribution < 1.29 is 0 Å². The third-order valence-corrected chi connectivity index (χ3v) is 3.41. The van der Waals surface area contributed by atoms with Crippen molar-refractivity contribution in [2.24, 2.45) is 0 Å². The van der Waals surface area contributed by atoms with Gasteiger partial charge in [0.2, 0.25) is 0 Å². The highest BCUT2D eigenvalue weighted by molar-refractivity contribution is 5.62. The second kappa shape index (κ2) is 4.96. The van der Waals surface area contributed by atoms with E-state index in [-0.39, 0.29) is 0 Å². The Balaban J connectivity index is 2.21. The van der Waals surface area contributed by atoms with Gasteiger partial charge in [-0.15, -0.1) is 0 Å². The molecule has 0 spiro atoms. The van der Waals surface area contributed by atoms with Gasteiger partial charge < -0.3 is 15.5 Å². The summed E-state index contributed by atoms with van der Waals surface area (Å²) >= 11 is 0. The molecule has 1 saturated heterocycles. The summed E-state index contributed by atoms with van der Waals surface area (Å²) in [7, 11) is 1.98. The fourth-order valence-electron chi connectivity index (χ4n) is 2.61. The molecule has 1 aliphatic rings. The quantitative estimate of drug-likeness (QED) is 0.820. The summed E-state index contributed by atoms with van der Waals surface area (Å²) < 4.78 is 0. The van der Waals surface area contributed by atoms with Gasteiger partial charge in [0.1, 0.15) is 0 Å². The zero-order chi connectivity index (χ0) is 12.4. The second-order valence-corrected chi connectivity index (χ2v) is 5.12. The first-order valence-corrected chi connectivity index (χ1v) is 6.39. The van der Waals surface area contributed by atoms with Crippen molar-refractivity contribution >= 4 is 11.4 Å². The molecule has 2 unspecified atom stereocenters. The number of nitrogens with one attached hydrogen (secondary N) is 2. The van der Waals surface area contributed by atoms with Crippen LogP contribution in [0.3, 0.4) is 0 Å². The fourth-order valence-corrected chi connectivity index (χ4v) is 2.61. The van der Waals surface area contributed by atoms with Crippen LogP contribution in [0.15, 0.2) is 18.2 Å². The van der Waals surface area contributed by atoms with E-state index >= 15 is 0 Å². The Labute approximate surface area is 104 Å². The molecule has 94 valence electrons. The average Bonchev–Trinajstić information content (AvgIpc) is 2.28. The minimum Gasteiger partial charge on any atom is -0.388 e. The lowest BCUT2D eigenvalue weighted by Crippen LogP contribution is -2.54. The Morgan fingerprint density at radius 1 is 1.24 bits per heavy atom. The van der Waals surface area contributed by atoms with Crippen LogP contribution in [0.4, 0.5) is 11.4 Å². The van der Waals surface area contributed by atoms with Crippen LogP contribution in [0.1, 0.15) is 19.4 Å². The monoisotopic (exact) mass is 233 g/mol. The molecule has 0 aliphatic carbocycles. The van der Waals surface area contributed by atoms with Crippen molar-refractivity contribution in [1.82, 2.24) is 5.32 Å². The molecule has 0 radical (unpaired) electrons. The van der Waals surface area contributed by atoms with Crippen LogP contribution in [0.2, 0.25) is 0 Å². The highest BCUT2D eigenvalue weighted by Gasteiger charge is 2.21. The molecule has 1 aliphatic heterocycles. The molecule has 2 atom stereocenters. The van der Waals surface area contributed by atoms with Gasteiger partial charge in [-0.3, -0.25) is 0 Å². The maximum atomic E-state index is 3.56. The van der Waals surface area contributed by atoms with E-state index in [1.807, 2.05) is 7.05 Å². The third-order valence-electron chi connectivity index (χ3n) is 3.41. The predicted octanol–water partition coefficient (Wildman–Crippen LogP) is 2.22. The SMILES string of the molecule is CNc1cc(N2CC(C)NC(C)C2)ccc1C. The maximum Gasteiger partial charge on any atom is 0.0388 e. The molecular formula is C14H23N3. The van der Waals surface area contributed by atoms with Crippen molar-refractivity contribution in [3.05, 3.63) is 23.8 Å². The lowest BCUT2D eigenvalue weighted by Gasteiger charge is -2.38. The number of hydrogen-bond acceptors (Lipinski definition) is 3. The minimum absolute atomic E-state index is 0.554. The molecule has 3 nitrogen and oxygen atoms in total. The zero-order valence-electron chi connectivity index (χ0n) is 11.2. The minimum atomic E-state index is 0.554. The Morgan fingerprint density at radius 2 is 1.88 bits per heavy atom. The van der Waals surface area contributed by atoms with Crippen molar-refractivity contribution in [1.29, 1.82) is 0 Å². The summed E-state index contributed by atoms with van der Waals surface area (Å²) in [6.07, 6.45) is 0. The summed E-state index contributed by atoms with van der Waals surface area (Å²) in [6.45, 7) is 8.79. The van der Waals surface area contributed by atoms with Gasteiger partial charge in [0, 0.05) is 43.6 Å². The van der Waals surface area contributed by atoms with Gasteiger partial charge in [0.25, 0.3) is 0 Å². The Hall–Kier alpha value is -1.22.